The summed E-state index contributed by atoms with van der Waals surface area (Å²) in [6.45, 7) is 3.33. The minimum absolute atomic E-state index is 0.00575. The van der Waals surface area contributed by atoms with E-state index in [9.17, 15) is 4.79 Å². The number of anilines is 1. The van der Waals surface area contributed by atoms with Crippen LogP contribution < -0.4 is 15.4 Å². The second-order valence-corrected chi connectivity index (χ2v) is 3.57. The molecule has 0 spiro atoms. The standard InChI is InChI=1S/C12H19N3O2/c1-3-17-12-7-6-10(9-14-12)15-11(16)5-4-8-13-2/h6-7,9,13H,3-5,8H2,1-2H3,(H,15,16). The van der Waals surface area contributed by atoms with Gasteiger partial charge in [0.25, 0.3) is 0 Å². The van der Waals surface area contributed by atoms with Crippen LogP contribution in [0.3, 0.4) is 0 Å². The summed E-state index contributed by atoms with van der Waals surface area (Å²) < 4.78 is 5.21. The van der Waals surface area contributed by atoms with Gasteiger partial charge in [-0.25, -0.2) is 4.98 Å². The number of nitrogens with one attached hydrogen (secondary N) is 2. The highest BCUT2D eigenvalue weighted by Gasteiger charge is 2.02. The third-order valence-electron chi connectivity index (χ3n) is 2.14. The maximum atomic E-state index is 11.5. The highest BCUT2D eigenvalue weighted by atomic mass is 16.5. The molecule has 94 valence electrons. The van der Waals surface area contributed by atoms with Crippen molar-refractivity contribution in [2.75, 3.05) is 25.5 Å². The van der Waals surface area contributed by atoms with Gasteiger partial charge >= 0.3 is 0 Å². The lowest BCUT2D eigenvalue weighted by atomic mass is 10.3. The van der Waals surface area contributed by atoms with E-state index in [1.807, 2.05) is 14.0 Å². The van der Waals surface area contributed by atoms with E-state index >= 15 is 0 Å². The van der Waals surface area contributed by atoms with Crippen molar-refractivity contribution in [3.63, 3.8) is 0 Å². The number of ether oxygens (including phenoxy) is 1. The van der Waals surface area contributed by atoms with Crippen LogP contribution in [0, 0.1) is 0 Å². The summed E-state index contributed by atoms with van der Waals surface area (Å²) in [6, 6.07) is 3.53. The maximum absolute atomic E-state index is 11.5. The smallest absolute Gasteiger partial charge is 0.224 e. The van der Waals surface area contributed by atoms with Gasteiger partial charge in [0.2, 0.25) is 11.8 Å². The maximum Gasteiger partial charge on any atom is 0.224 e. The summed E-state index contributed by atoms with van der Waals surface area (Å²) in [5.74, 6) is 0.576. The van der Waals surface area contributed by atoms with Gasteiger partial charge in [0.1, 0.15) is 0 Å². The molecule has 0 radical (unpaired) electrons. The summed E-state index contributed by atoms with van der Waals surface area (Å²) in [4.78, 5) is 15.6. The Bertz CT molecular complexity index is 338. The first-order valence-corrected chi connectivity index (χ1v) is 5.79. The van der Waals surface area contributed by atoms with Gasteiger partial charge in [0.15, 0.2) is 0 Å². The fourth-order valence-electron chi connectivity index (χ4n) is 1.34. The fourth-order valence-corrected chi connectivity index (χ4v) is 1.34. The van der Waals surface area contributed by atoms with Crippen LogP contribution in [-0.4, -0.2) is 31.1 Å². The van der Waals surface area contributed by atoms with Gasteiger partial charge in [-0.1, -0.05) is 0 Å². The van der Waals surface area contributed by atoms with E-state index in [-0.39, 0.29) is 5.91 Å². The molecule has 17 heavy (non-hydrogen) atoms. The lowest BCUT2D eigenvalue weighted by molar-refractivity contribution is -0.116. The van der Waals surface area contributed by atoms with Crippen molar-refractivity contribution in [1.29, 1.82) is 0 Å². The van der Waals surface area contributed by atoms with Crippen molar-refractivity contribution < 1.29 is 9.53 Å². The molecule has 1 aromatic heterocycles. The topological polar surface area (TPSA) is 63.2 Å². The minimum Gasteiger partial charge on any atom is -0.478 e. The Hall–Kier alpha value is -1.62. The molecule has 1 heterocycles. The van der Waals surface area contributed by atoms with Gasteiger partial charge in [0, 0.05) is 12.5 Å². The summed E-state index contributed by atoms with van der Waals surface area (Å²) in [5.41, 5.74) is 0.697. The molecule has 0 aliphatic carbocycles. The van der Waals surface area contributed by atoms with Gasteiger partial charge in [-0.2, -0.15) is 0 Å². The Kier molecular flexibility index (Phi) is 6.03. The van der Waals surface area contributed by atoms with Crippen molar-refractivity contribution in [3.8, 4) is 5.88 Å². The molecule has 1 amide bonds. The first-order valence-electron chi connectivity index (χ1n) is 5.79. The average molecular weight is 237 g/mol. The molecule has 0 bridgehead atoms. The van der Waals surface area contributed by atoms with Gasteiger partial charge < -0.3 is 15.4 Å². The molecule has 5 nitrogen and oxygen atoms in total. The van der Waals surface area contributed by atoms with E-state index in [2.05, 4.69) is 15.6 Å². The molecule has 0 aliphatic rings. The van der Waals surface area contributed by atoms with Crippen LogP contribution in [0.25, 0.3) is 0 Å². The number of nitrogens with zero attached hydrogens (tertiary/aromatic N) is 1. The Morgan fingerprint density at radius 2 is 2.29 bits per heavy atom. The van der Waals surface area contributed by atoms with Gasteiger partial charge in [-0.3, -0.25) is 4.79 Å². The van der Waals surface area contributed by atoms with E-state index < -0.39 is 0 Å². The zero-order valence-corrected chi connectivity index (χ0v) is 10.3. The highest BCUT2D eigenvalue weighted by molar-refractivity contribution is 5.90. The molecule has 0 atom stereocenters. The molecular formula is C12H19N3O2. The van der Waals surface area contributed by atoms with E-state index in [0.717, 1.165) is 13.0 Å². The zero-order valence-electron chi connectivity index (χ0n) is 10.3. The van der Waals surface area contributed by atoms with Crippen molar-refractivity contribution >= 4 is 11.6 Å². The van der Waals surface area contributed by atoms with E-state index in [1.54, 1.807) is 18.3 Å². The predicted molar refractivity (Wildman–Crippen MR) is 67.2 cm³/mol. The Labute approximate surface area is 102 Å². The van der Waals surface area contributed by atoms with Crippen molar-refractivity contribution in [3.05, 3.63) is 18.3 Å². The second kappa shape index (κ2) is 7.62. The van der Waals surface area contributed by atoms with Crippen molar-refractivity contribution in [1.82, 2.24) is 10.3 Å². The molecule has 2 N–H and O–H groups in total. The summed E-state index contributed by atoms with van der Waals surface area (Å²) in [6.07, 6.45) is 2.93. The third-order valence-corrected chi connectivity index (χ3v) is 2.14. The third kappa shape index (κ3) is 5.31. The normalized spacial score (nSPS) is 10.0. The Morgan fingerprint density at radius 3 is 2.88 bits per heavy atom. The number of rotatable bonds is 7. The molecule has 0 saturated heterocycles. The predicted octanol–water partition coefficient (Wildman–Crippen LogP) is 1.42. The number of amides is 1. The van der Waals surface area contributed by atoms with Crippen LogP contribution in [0.1, 0.15) is 19.8 Å². The lowest BCUT2D eigenvalue weighted by Gasteiger charge is -2.06. The molecule has 0 aromatic carbocycles. The SMILES string of the molecule is CCOc1ccc(NC(=O)CCCNC)cn1. The van der Waals surface area contributed by atoms with E-state index in [1.165, 1.54) is 0 Å². The molecular weight excluding hydrogens is 218 g/mol. The van der Waals surface area contributed by atoms with E-state index in [0.29, 0.717) is 24.6 Å². The largest absolute Gasteiger partial charge is 0.478 e. The Balaban J connectivity index is 2.37. The number of aromatic nitrogens is 1. The van der Waals surface area contributed by atoms with Crippen LogP contribution in [0.4, 0.5) is 5.69 Å². The first kappa shape index (κ1) is 13.4. The molecule has 1 aromatic rings. The molecule has 0 saturated carbocycles. The number of pyridine rings is 1. The van der Waals surface area contributed by atoms with Crippen LogP contribution in [0.15, 0.2) is 18.3 Å². The summed E-state index contributed by atoms with van der Waals surface area (Å²) >= 11 is 0. The highest BCUT2D eigenvalue weighted by Crippen LogP contribution is 2.11. The molecule has 0 fully saturated rings. The molecule has 5 heteroatoms. The van der Waals surface area contributed by atoms with Gasteiger partial charge in [0.05, 0.1) is 18.5 Å². The van der Waals surface area contributed by atoms with E-state index in [4.69, 9.17) is 4.74 Å². The molecule has 1 rings (SSSR count). The summed E-state index contributed by atoms with van der Waals surface area (Å²) in [5, 5.41) is 5.78. The average Bonchev–Trinajstić information content (AvgIpc) is 2.32. The second-order valence-electron chi connectivity index (χ2n) is 3.57. The number of hydrogen-bond acceptors (Lipinski definition) is 4. The van der Waals surface area contributed by atoms with Crippen molar-refractivity contribution in [2.24, 2.45) is 0 Å². The fraction of sp³-hybridized carbons (Fsp3) is 0.500. The monoisotopic (exact) mass is 237 g/mol. The van der Waals surface area contributed by atoms with Crippen LogP contribution in [0.2, 0.25) is 0 Å². The number of hydrogen-bond donors (Lipinski definition) is 2. The quantitative estimate of drug-likeness (QED) is 0.704. The van der Waals surface area contributed by atoms with Crippen LogP contribution >= 0.6 is 0 Å². The van der Waals surface area contributed by atoms with Crippen molar-refractivity contribution in [2.45, 2.75) is 19.8 Å². The number of carbonyl (C=O) groups is 1. The van der Waals surface area contributed by atoms with Gasteiger partial charge in [-0.15, -0.1) is 0 Å². The van der Waals surface area contributed by atoms with Crippen LogP contribution in [0.5, 0.6) is 5.88 Å². The first-order chi connectivity index (χ1) is 8.26. The summed E-state index contributed by atoms with van der Waals surface area (Å²) in [7, 11) is 1.87. The molecule has 0 unspecified atom stereocenters. The lowest BCUT2D eigenvalue weighted by Crippen LogP contribution is -2.15. The Morgan fingerprint density at radius 1 is 1.47 bits per heavy atom. The minimum atomic E-state index is 0.00575. The molecule has 0 aliphatic heterocycles. The van der Waals surface area contributed by atoms with Crippen LogP contribution in [-0.2, 0) is 4.79 Å². The zero-order chi connectivity index (χ0) is 12.5. The number of carbonyl (C=O) groups excluding carboxylic acids is 1. The van der Waals surface area contributed by atoms with Gasteiger partial charge in [-0.05, 0) is 33.0 Å².